The van der Waals surface area contributed by atoms with E-state index in [2.05, 4.69) is 18.2 Å². The molecule has 2 N–H and O–H groups in total. The van der Waals surface area contributed by atoms with Crippen LogP contribution in [0.25, 0.3) is 0 Å². The number of hydrogen-bond acceptors (Lipinski definition) is 8. The monoisotopic (exact) mass is 503 g/mol. The summed E-state index contributed by atoms with van der Waals surface area (Å²) in [4.78, 5) is 14.5. The van der Waals surface area contributed by atoms with Gasteiger partial charge in [-0.3, -0.25) is 0 Å². The molecule has 0 aromatic heterocycles. The number of carbonyl (C=O) groups excluding carboxylic acids is 1. The number of amides is 1. The second-order valence-corrected chi connectivity index (χ2v) is 10.0. The van der Waals surface area contributed by atoms with Crippen LogP contribution in [0.1, 0.15) is 52.5 Å². The standard InChI is InChI=1S/C28H33N5O4/c1-6-12-36-22-9-8-18(13-23(22)35-7-2)24-21-15-33(26(34)37-27(3,4)5)11-10-19(21)20(14-29)25(32)28(24,16-30)17-31/h8-10,13,21,24H,6-7,11-12,15,32H2,1-5H3. The first-order chi connectivity index (χ1) is 17.6. The normalized spacial score (nSPS) is 20.5. The Balaban J connectivity index is 2.20. The minimum Gasteiger partial charge on any atom is -0.490 e. The number of rotatable bonds is 6. The van der Waals surface area contributed by atoms with E-state index in [1.165, 1.54) is 4.90 Å². The summed E-state index contributed by atoms with van der Waals surface area (Å²) in [5, 5.41) is 30.6. The molecular weight excluding hydrogens is 470 g/mol. The van der Waals surface area contributed by atoms with Gasteiger partial charge in [-0.05, 0) is 57.4 Å². The molecule has 1 aliphatic carbocycles. The van der Waals surface area contributed by atoms with Gasteiger partial charge in [0.25, 0.3) is 0 Å². The average molecular weight is 504 g/mol. The zero-order valence-corrected chi connectivity index (χ0v) is 22.0. The van der Waals surface area contributed by atoms with E-state index in [4.69, 9.17) is 19.9 Å². The van der Waals surface area contributed by atoms with Crippen molar-refractivity contribution in [1.82, 2.24) is 4.90 Å². The molecule has 9 heteroatoms. The molecule has 2 unspecified atom stereocenters. The Labute approximate surface area is 218 Å². The van der Waals surface area contributed by atoms with Crippen LogP contribution in [0.15, 0.2) is 41.1 Å². The zero-order chi connectivity index (χ0) is 27.4. The third-order valence-corrected chi connectivity index (χ3v) is 6.40. The van der Waals surface area contributed by atoms with Crippen molar-refractivity contribution in [3.8, 4) is 29.7 Å². The summed E-state index contributed by atoms with van der Waals surface area (Å²) in [5.41, 5.74) is 5.15. The van der Waals surface area contributed by atoms with Crippen LogP contribution in [0.4, 0.5) is 4.79 Å². The lowest BCUT2D eigenvalue weighted by Gasteiger charge is -2.45. The van der Waals surface area contributed by atoms with E-state index in [-0.39, 0.29) is 24.4 Å². The lowest BCUT2D eigenvalue weighted by molar-refractivity contribution is 0.0224. The smallest absolute Gasteiger partial charge is 0.410 e. The second-order valence-electron chi connectivity index (χ2n) is 10.0. The van der Waals surface area contributed by atoms with E-state index in [9.17, 15) is 20.6 Å². The lowest BCUT2D eigenvalue weighted by atomic mass is 9.58. The summed E-state index contributed by atoms with van der Waals surface area (Å²) in [5.74, 6) is -0.300. The highest BCUT2D eigenvalue weighted by Gasteiger charge is 2.55. The summed E-state index contributed by atoms with van der Waals surface area (Å²) in [6.07, 6.45) is 2.06. The number of nitrogens with two attached hydrogens (primary N) is 1. The molecular formula is C28H33N5O4. The van der Waals surface area contributed by atoms with Crippen molar-refractivity contribution in [1.29, 1.82) is 15.8 Å². The maximum absolute atomic E-state index is 12.9. The van der Waals surface area contributed by atoms with Gasteiger partial charge in [-0.15, -0.1) is 0 Å². The van der Waals surface area contributed by atoms with Crippen LogP contribution >= 0.6 is 0 Å². The predicted octanol–water partition coefficient (Wildman–Crippen LogP) is 4.53. The lowest BCUT2D eigenvalue weighted by Crippen LogP contribution is -2.50. The van der Waals surface area contributed by atoms with Crippen molar-refractivity contribution >= 4 is 6.09 Å². The Bertz CT molecular complexity index is 1220. The minimum atomic E-state index is -1.83. The molecule has 0 saturated heterocycles. The minimum absolute atomic E-state index is 0.0810. The number of hydrogen-bond donors (Lipinski definition) is 1. The Hall–Kier alpha value is -4.16. The van der Waals surface area contributed by atoms with Crippen molar-refractivity contribution in [3.05, 3.63) is 46.7 Å². The molecule has 37 heavy (non-hydrogen) atoms. The first kappa shape index (κ1) is 27.4. The van der Waals surface area contributed by atoms with Gasteiger partial charge in [0.05, 0.1) is 36.6 Å². The number of ether oxygens (including phenoxy) is 3. The number of allylic oxidation sites excluding steroid dienone is 2. The maximum atomic E-state index is 12.9. The topological polar surface area (TPSA) is 145 Å². The number of carbonyl (C=O) groups is 1. The number of benzene rings is 1. The molecule has 2 atom stereocenters. The van der Waals surface area contributed by atoms with Gasteiger partial charge in [0.2, 0.25) is 0 Å². The van der Waals surface area contributed by atoms with E-state index in [0.717, 1.165) is 6.42 Å². The largest absolute Gasteiger partial charge is 0.490 e. The predicted molar refractivity (Wildman–Crippen MR) is 136 cm³/mol. The maximum Gasteiger partial charge on any atom is 0.410 e. The molecule has 0 fully saturated rings. The zero-order valence-electron chi connectivity index (χ0n) is 22.0. The summed E-state index contributed by atoms with van der Waals surface area (Å²) in [6.45, 7) is 10.5. The highest BCUT2D eigenvalue weighted by atomic mass is 16.6. The van der Waals surface area contributed by atoms with E-state index >= 15 is 0 Å². The quantitative estimate of drug-likeness (QED) is 0.596. The molecule has 0 radical (unpaired) electrons. The van der Waals surface area contributed by atoms with Crippen molar-refractivity contribution in [2.45, 2.75) is 52.6 Å². The third kappa shape index (κ3) is 5.20. The molecule has 0 spiro atoms. The van der Waals surface area contributed by atoms with Crippen molar-refractivity contribution in [2.24, 2.45) is 17.1 Å². The SMILES string of the molecule is CCCOc1ccc(C2C3CN(C(=O)OC(C)(C)C)CC=C3C(C#N)=C(N)C2(C#N)C#N)cc1OCC. The van der Waals surface area contributed by atoms with Crippen LogP contribution in [0, 0.1) is 45.3 Å². The number of nitriles is 3. The molecule has 9 nitrogen and oxygen atoms in total. The van der Waals surface area contributed by atoms with Gasteiger partial charge in [0, 0.05) is 24.9 Å². The van der Waals surface area contributed by atoms with Crippen molar-refractivity contribution in [2.75, 3.05) is 26.3 Å². The van der Waals surface area contributed by atoms with Crippen LogP contribution in [0.5, 0.6) is 11.5 Å². The third-order valence-electron chi connectivity index (χ3n) is 6.40. The summed E-state index contributed by atoms with van der Waals surface area (Å²) in [6, 6.07) is 11.6. The fourth-order valence-electron chi connectivity index (χ4n) is 4.85. The Morgan fingerprint density at radius 1 is 1.16 bits per heavy atom. The van der Waals surface area contributed by atoms with Gasteiger partial charge in [-0.25, -0.2) is 4.79 Å². The van der Waals surface area contributed by atoms with Gasteiger partial charge >= 0.3 is 6.09 Å². The van der Waals surface area contributed by atoms with Gasteiger partial charge < -0.3 is 24.8 Å². The van der Waals surface area contributed by atoms with Gasteiger partial charge in [0.15, 0.2) is 16.9 Å². The Morgan fingerprint density at radius 2 is 1.86 bits per heavy atom. The summed E-state index contributed by atoms with van der Waals surface area (Å²) >= 11 is 0. The van der Waals surface area contributed by atoms with Gasteiger partial charge in [-0.1, -0.05) is 19.1 Å². The fourth-order valence-corrected chi connectivity index (χ4v) is 4.85. The van der Waals surface area contributed by atoms with Crippen LogP contribution < -0.4 is 15.2 Å². The summed E-state index contributed by atoms with van der Waals surface area (Å²) < 4.78 is 17.2. The molecule has 3 rings (SSSR count). The molecule has 1 heterocycles. The molecule has 194 valence electrons. The molecule has 0 bridgehead atoms. The molecule has 2 aliphatic rings. The van der Waals surface area contributed by atoms with Gasteiger partial charge in [0.1, 0.15) is 11.7 Å². The highest BCUT2D eigenvalue weighted by molar-refractivity contribution is 5.70. The molecule has 1 aliphatic heterocycles. The number of nitrogens with zero attached hydrogens (tertiary/aromatic N) is 4. The average Bonchev–Trinajstić information content (AvgIpc) is 2.86. The summed E-state index contributed by atoms with van der Waals surface area (Å²) in [7, 11) is 0. The van der Waals surface area contributed by atoms with E-state index in [1.54, 1.807) is 45.0 Å². The first-order valence-corrected chi connectivity index (χ1v) is 12.4. The Kier molecular flexibility index (Phi) is 8.04. The molecule has 1 aromatic carbocycles. The van der Waals surface area contributed by atoms with E-state index in [1.807, 2.05) is 13.8 Å². The van der Waals surface area contributed by atoms with Crippen LogP contribution in [0.3, 0.4) is 0 Å². The van der Waals surface area contributed by atoms with E-state index in [0.29, 0.717) is 35.8 Å². The number of fused-ring (bicyclic) bond motifs is 1. The van der Waals surface area contributed by atoms with Gasteiger partial charge in [-0.2, -0.15) is 15.8 Å². The Morgan fingerprint density at radius 3 is 2.43 bits per heavy atom. The van der Waals surface area contributed by atoms with E-state index < -0.39 is 28.9 Å². The van der Waals surface area contributed by atoms with Crippen LogP contribution in [0.2, 0.25) is 0 Å². The highest BCUT2D eigenvalue weighted by Crippen LogP contribution is 2.55. The second kappa shape index (κ2) is 10.8. The van der Waals surface area contributed by atoms with Crippen molar-refractivity contribution < 1.29 is 19.0 Å². The van der Waals surface area contributed by atoms with Crippen LogP contribution in [-0.2, 0) is 4.74 Å². The molecule has 1 amide bonds. The first-order valence-electron chi connectivity index (χ1n) is 12.4. The fraction of sp³-hybridized carbons (Fsp3) is 0.500. The van der Waals surface area contributed by atoms with Crippen molar-refractivity contribution in [3.63, 3.8) is 0 Å². The molecule has 1 aromatic rings. The van der Waals surface area contributed by atoms with Crippen LogP contribution in [-0.4, -0.2) is 42.9 Å². The molecule has 0 saturated carbocycles.